The molecule has 0 aromatic heterocycles. The minimum atomic E-state index is -1.02. The number of allylic oxidation sites excluding steroid dienone is 5. The standard InChI is InChI=1S/C24H25Cl2FO6/c1-4-5-17(10-19(26)12-25)21-7-6-18(11-22(21)27)24(8-9-24)23(30)33-20(13-31-15(2)28)14-32-16(3)29/h4-7,10-11,20H,1,8-9,12-14H2,2-3H3/b17-5+,19-10+. The van der Waals surface area contributed by atoms with Crippen LogP contribution >= 0.6 is 23.2 Å². The van der Waals surface area contributed by atoms with Crippen LogP contribution in [0.15, 0.2) is 48.0 Å². The summed E-state index contributed by atoms with van der Waals surface area (Å²) in [6.07, 6.45) is 4.60. The van der Waals surface area contributed by atoms with Crippen molar-refractivity contribution in [2.45, 2.75) is 38.2 Å². The van der Waals surface area contributed by atoms with E-state index in [1.54, 1.807) is 24.3 Å². The Kier molecular flexibility index (Phi) is 9.68. The molecule has 0 aliphatic heterocycles. The minimum Gasteiger partial charge on any atom is -0.462 e. The van der Waals surface area contributed by atoms with E-state index in [-0.39, 0.29) is 24.7 Å². The fourth-order valence-electron chi connectivity index (χ4n) is 3.13. The van der Waals surface area contributed by atoms with Crippen LogP contribution in [0.4, 0.5) is 4.39 Å². The van der Waals surface area contributed by atoms with Crippen LogP contribution in [0.5, 0.6) is 0 Å². The van der Waals surface area contributed by atoms with Crippen molar-refractivity contribution in [2.75, 3.05) is 19.1 Å². The van der Waals surface area contributed by atoms with Gasteiger partial charge in [0.1, 0.15) is 19.0 Å². The molecule has 0 bridgehead atoms. The molecule has 0 N–H and O–H groups in total. The molecular formula is C24H25Cl2FO6. The van der Waals surface area contributed by atoms with E-state index in [4.69, 9.17) is 37.4 Å². The fraction of sp³-hybridized carbons (Fsp3) is 0.375. The van der Waals surface area contributed by atoms with Gasteiger partial charge in [-0.05, 0) is 36.1 Å². The molecule has 1 aliphatic carbocycles. The molecule has 0 amide bonds. The second-order valence-corrected chi connectivity index (χ2v) is 8.24. The summed E-state index contributed by atoms with van der Waals surface area (Å²) in [5.74, 6) is -2.21. The topological polar surface area (TPSA) is 78.9 Å². The third kappa shape index (κ3) is 7.44. The molecule has 33 heavy (non-hydrogen) atoms. The van der Waals surface area contributed by atoms with Crippen LogP contribution in [0.2, 0.25) is 0 Å². The second kappa shape index (κ2) is 12.0. The Bertz CT molecular complexity index is 963. The lowest BCUT2D eigenvalue weighted by Gasteiger charge is -2.22. The largest absolute Gasteiger partial charge is 0.462 e. The molecule has 1 aromatic rings. The van der Waals surface area contributed by atoms with Gasteiger partial charge in [-0.25, -0.2) is 4.39 Å². The summed E-state index contributed by atoms with van der Waals surface area (Å²) in [4.78, 5) is 35.2. The third-order valence-corrected chi connectivity index (χ3v) is 5.60. The predicted molar refractivity (Wildman–Crippen MR) is 123 cm³/mol. The zero-order valence-corrected chi connectivity index (χ0v) is 19.9. The average Bonchev–Trinajstić information content (AvgIpc) is 3.57. The second-order valence-electron chi connectivity index (χ2n) is 7.49. The van der Waals surface area contributed by atoms with Gasteiger partial charge < -0.3 is 14.2 Å². The zero-order valence-electron chi connectivity index (χ0n) is 18.4. The smallest absolute Gasteiger partial charge is 0.317 e. The molecule has 1 saturated carbocycles. The van der Waals surface area contributed by atoms with E-state index in [9.17, 15) is 14.4 Å². The van der Waals surface area contributed by atoms with E-state index >= 15 is 4.39 Å². The van der Waals surface area contributed by atoms with Crippen molar-refractivity contribution in [2.24, 2.45) is 0 Å². The first-order chi connectivity index (χ1) is 15.6. The molecule has 0 spiro atoms. The maximum Gasteiger partial charge on any atom is 0.317 e. The molecule has 1 aromatic carbocycles. The van der Waals surface area contributed by atoms with E-state index in [1.165, 1.54) is 26.0 Å². The van der Waals surface area contributed by atoms with Gasteiger partial charge in [0.05, 0.1) is 11.3 Å². The van der Waals surface area contributed by atoms with Crippen molar-refractivity contribution in [3.63, 3.8) is 0 Å². The summed E-state index contributed by atoms with van der Waals surface area (Å²) in [6.45, 7) is 5.53. The predicted octanol–water partition coefficient (Wildman–Crippen LogP) is 4.83. The molecule has 2 rings (SSSR count). The van der Waals surface area contributed by atoms with Crippen molar-refractivity contribution in [1.29, 1.82) is 0 Å². The first-order valence-electron chi connectivity index (χ1n) is 10.2. The number of carbonyl (C=O) groups excluding carboxylic acids is 3. The van der Waals surface area contributed by atoms with Crippen LogP contribution in [0, 0.1) is 5.82 Å². The normalized spacial score (nSPS) is 15.1. The molecule has 1 fully saturated rings. The summed E-state index contributed by atoms with van der Waals surface area (Å²) in [7, 11) is 0. The van der Waals surface area contributed by atoms with E-state index in [0.717, 1.165) is 0 Å². The molecule has 0 heterocycles. The van der Waals surface area contributed by atoms with E-state index < -0.39 is 35.2 Å². The molecule has 6 nitrogen and oxygen atoms in total. The van der Waals surface area contributed by atoms with Gasteiger partial charge in [-0.3, -0.25) is 14.4 Å². The summed E-state index contributed by atoms with van der Waals surface area (Å²) in [6, 6.07) is 4.49. The number of carbonyl (C=O) groups is 3. The number of alkyl halides is 1. The van der Waals surface area contributed by atoms with Gasteiger partial charge in [-0.1, -0.05) is 42.5 Å². The number of hydrogen-bond donors (Lipinski definition) is 0. The highest BCUT2D eigenvalue weighted by Crippen LogP contribution is 2.50. The van der Waals surface area contributed by atoms with Crippen LogP contribution in [-0.4, -0.2) is 43.1 Å². The number of benzene rings is 1. The highest BCUT2D eigenvalue weighted by Gasteiger charge is 2.53. The molecule has 9 heteroatoms. The van der Waals surface area contributed by atoms with Crippen molar-refractivity contribution in [3.05, 3.63) is 65.0 Å². The van der Waals surface area contributed by atoms with Crippen molar-refractivity contribution >= 4 is 46.7 Å². The Labute approximate surface area is 202 Å². The van der Waals surface area contributed by atoms with E-state index in [0.29, 0.717) is 29.0 Å². The monoisotopic (exact) mass is 498 g/mol. The maximum absolute atomic E-state index is 15.0. The summed E-state index contributed by atoms with van der Waals surface area (Å²) >= 11 is 11.7. The Morgan fingerprint density at radius 1 is 1.18 bits per heavy atom. The van der Waals surface area contributed by atoms with Gasteiger partial charge >= 0.3 is 17.9 Å². The highest BCUT2D eigenvalue weighted by atomic mass is 35.5. The van der Waals surface area contributed by atoms with Gasteiger partial charge in [0.15, 0.2) is 6.10 Å². The number of halogens is 3. The summed E-state index contributed by atoms with van der Waals surface area (Å²) in [5.41, 5.74) is 0.192. The maximum atomic E-state index is 15.0. The van der Waals surface area contributed by atoms with Crippen LogP contribution in [-0.2, 0) is 34.0 Å². The Balaban J connectivity index is 2.24. The number of esters is 3. The van der Waals surface area contributed by atoms with E-state index in [2.05, 4.69) is 6.58 Å². The summed E-state index contributed by atoms with van der Waals surface area (Å²) < 4.78 is 30.3. The first-order valence-corrected chi connectivity index (χ1v) is 11.1. The number of rotatable bonds is 11. The molecule has 0 atom stereocenters. The van der Waals surface area contributed by atoms with Crippen molar-refractivity contribution < 1.29 is 33.0 Å². The SMILES string of the molecule is C=C/C=C(\C=C(\Cl)CCl)c1ccc(C2(C(=O)OC(COC(C)=O)COC(C)=O)CC2)cc1F. The fourth-order valence-corrected chi connectivity index (χ4v) is 3.33. The van der Waals surface area contributed by atoms with Gasteiger partial charge in [-0.2, -0.15) is 0 Å². The number of hydrogen-bond acceptors (Lipinski definition) is 6. The lowest BCUT2D eigenvalue weighted by Crippen LogP contribution is -2.34. The van der Waals surface area contributed by atoms with Gasteiger partial charge in [0.25, 0.3) is 0 Å². The minimum absolute atomic E-state index is 0.0759. The van der Waals surface area contributed by atoms with Crippen LogP contribution < -0.4 is 0 Å². The van der Waals surface area contributed by atoms with Crippen LogP contribution in [0.25, 0.3) is 5.57 Å². The molecule has 1 aliphatic rings. The highest BCUT2D eigenvalue weighted by molar-refractivity contribution is 6.36. The lowest BCUT2D eigenvalue weighted by atomic mass is 9.93. The molecular weight excluding hydrogens is 474 g/mol. The summed E-state index contributed by atoms with van der Waals surface area (Å²) in [5, 5.41) is 0.335. The molecule has 0 saturated heterocycles. The Morgan fingerprint density at radius 2 is 1.79 bits per heavy atom. The molecule has 0 unspecified atom stereocenters. The zero-order chi connectivity index (χ0) is 24.6. The first kappa shape index (κ1) is 26.6. The lowest BCUT2D eigenvalue weighted by molar-refractivity contribution is -0.167. The number of ether oxygens (including phenoxy) is 3. The molecule has 0 radical (unpaired) electrons. The van der Waals surface area contributed by atoms with E-state index in [1.807, 2.05) is 0 Å². The molecule has 178 valence electrons. The van der Waals surface area contributed by atoms with Crippen LogP contribution in [0.1, 0.15) is 37.8 Å². The van der Waals surface area contributed by atoms with Gasteiger partial charge in [-0.15, -0.1) is 11.6 Å². The Morgan fingerprint density at radius 3 is 2.24 bits per heavy atom. The van der Waals surface area contributed by atoms with Crippen molar-refractivity contribution in [3.8, 4) is 0 Å². The Hall–Kier alpha value is -2.64. The third-order valence-electron chi connectivity index (χ3n) is 4.93. The van der Waals surface area contributed by atoms with Gasteiger partial charge in [0, 0.05) is 24.4 Å². The van der Waals surface area contributed by atoms with Crippen molar-refractivity contribution in [1.82, 2.24) is 0 Å². The quantitative estimate of drug-likeness (QED) is 0.188. The van der Waals surface area contributed by atoms with Gasteiger partial charge in [0.2, 0.25) is 0 Å². The van der Waals surface area contributed by atoms with Crippen LogP contribution in [0.3, 0.4) is 0 Å². The average molecular weight is 499 g/mol.